The Labute approximate surface area is 168 Å². The average Bonchev–Trinajstić information content (AvgIpc) is 3.21. The molecule has 0 bridgehead atoms. The van der Waals surface area contributed by atoms with Gasteiger partial charge in [-0.25, -0.2) is 0 Å². The molecule has 1 N–H and O–H groups in total. The Bertz CT molecular complexity index is 1310. The fourth-order valence-electron chi connectivity index (χ4n) is 3.57. The number of aromatic nitrogens is 2. The minimum absolute atomic E-state index is 0.478. The summed E-state index contributed by atoms with van der Waals surface area (Å²) in [5.74, 6) is 1.57. The lowest BCUT2D eigenvalue weighted by molar-refractivity contribution is 0.304. The van der Waals surface area contributed by atoms with E-state index in [0.29, 0.717) is 6.61 Å². The van der Waals surface area contributed by atoms with Crippen molar-refractivity contribution >= 4 is 21.7 Å². The van der Waals surface area contributed by atoms with Crippen LogP contribution in [0.25, 0.3) is 32.9 Å². The molecule has 0 amide bonds. The van der Waals surface area contributed by atoms with Crippen molar-refractivity contribution in [2.24, 2.45) is 0 Å². The van der Waals surface area contributed by atoms with Gasteiger partial charge in [0.1, 0.15) is 18.1 Å². The van der Waals surface area contributed by atoms with Gasteiger partial charge in [0, 0.05) is 17.0 Å². The molecule has 0 unspecified atom stereocenters. The van der Waals surface area contributed by atoms with Crippen molar-refractivity contribution in [1.82, 2.24) is 10.2 Å². The summed E-state index contributed by atoms with van der Waals surface area (Å²) in [4.78, 5) is 0. The predicted octanol–water partition coefficient (Wildman–Crippen LogP) is 5.97. The van der Waals surface area contributed by atoms with Crippen LogP contribution in [0.1, 0.15) is 5.56 Å². The van der Waals surface area contributed by atoms with Crippen molar-refractivity contribution in [2.45, 2.75) is 6.61 Å². The summed E-state index contributed by atoms with van der Waals surface area (Å²) in [5.41, 5.74) is 4.15. The highest BCUT2D eigenvalue weighted by Gasteiger charge is 2.10. The predicted molar refractivity (Wildman–Crippen MR) is 116 cm³/mol. The standard InChI is InChI=1S/C25H20N2O2/c1-28-21-7-4-8-22(15-21)29-16-17-9-12-24-23(13-17)25(27-26-24)20-11-10-18-5-2-3-6-19(18)14-20/h2-15H,16H2,1H3,(H,26,27). The molecule has 0 fully saturated rings. The van der Waals surface area contributed by atoms with Gasteiger partial charge in [-0.3, -0.25) is 5.10 Å². The highest BCUT2D eigenvalue weighted by atomic mass is 16.5. The van der Waals surface area contributed by atoms with Gasteiger partial charge in [0.15, 0.2) is 0 Å². The smallest absolute Gasteiger partial charge is 0.123 e. The van der Waals surface area contributed by atoms with Crippen molar-refractivity contribution in [3.8, 4) is 22.8 Å². The van der Waals surface area contributed by atoms with Gasteiger partial charge < -0.3 is 9.47 Å². The van der Waals surface area contributed by atoms with Crippen LogP contribution in [0.2, 0.25) is 0 Å². The van der Waals surface area contributed by atoms with E-state index in [1.165, 1.54) is 10.8 Å². The van der Waals surface area contributed by atoms with Crippen molar-refractivity contribution in [2.75, 3.05) is 7.11 Å². The number of ether oxygens (including phenoxy) is 2. The fraction of sp³-hybridized carbons (Fsp3) is 0.0800. The minimum Gasteiger partial charge on any atom is -0.497 e. The van der Waals surface area contributed by atoms with E-state index in [-0.39, 0.29) is 0 Å². The SMILES string of the molecule is COc1cccc(OCc2ccc3[nH]nc(-c4ccc5ccccc5c4)c3c2)c1. The molecule has 1 heterocycles. The zero-order chi connectivity index (χ0) is 19.6. The Morgan fingerprint density at radius 2 is 1.66 bits per heavy atom. The van der Waals surface area contributed by atoms with E-state index in [1.54, 1.807) is 7.11 Å². The van der Waals surface area contributed by atoms with E-state index < -0.39 is 0 Å². The van der Waals surface area contributed by atoms with Gasteiger partial charge in [-0.2, -0.15) is 5.10 Å². The van der Waals surface area contributed by atoms with Crippen LogP contribution in [0.15, 0.2) is 84.9 Å². The summed E-state index contributed by atoms with van der Waals surface area (Å²) >= 11 is 0. The summed E-state index contributed by atoms with van der Waals surface area (Å²) in [6.45, 7) is 0.478. The van der Waals surface area contributed by atoms with Crippen LogP contribution in [0, 0.1) is 0 Å². The summed E-state index contributed by atoms with van der Waals surface area (Å²) in [7, 11) is 1.65. The fourth-order valence-corrected chi connectivity index (χ4v) is 3.57. The Morgan fingerprint density at radius 1 is 0.793 bits per heavy atom. The van der Waals surface area contributed by atoms with E-state index in [4.69, 9.17) is 9.47 Å². The molecular formula is C25H20N2O2. The molecule has 0 aliphatic heterocycles. The first kappa shape index (κ1) is 17.3. The van der Waals surface area contributed by atoms with Crippen molar-refractivity contribution in [3.63, 3.8) is 0 Å². The lowest BCUT2D eigenvalue weighted by Crippen LogP contribution is -1.95. The first-order valence-corrected chi connectivity index (χ1v) is 9.53. The number of nitrogens with zero attached hydrogens (tertiary/aromatic N) is 1. The van der Waals surface area contributed by atoms with Crippen LogP contribution in [-0.2, 0) is 6.61 Å². The lowest BCUT2D eigenvalue weighted by Gasteiger charge is -2.08. The van der Waals surface area contributed by atoms with E-state index in [0.717, 1.165) is 39.2 Å². The molecule has 0 radical (unpaired) electrons. The number of H-pyrrole nitrogens is 1. The zero-order valence-electron chi connectivity index (χ0n) is 16.1. The molecule has 4 aromatic carbocycles. The van der Waals surface area contributed by atoms with Gasteiger partial charge in [0.05, 0.1) is 18.3 Å². The molecule has 4 nitrogen and oxygen atoms in total. The van der Waals surface area contributed by atoms with Gasteiger partial charge in [-0.1, -0.05) is 48.5 Å². The zero-order valence-corrected chi connectivity index (χ0v) is 16.1. The molecule has 29 heavy (non-hydrogen) atoms. The van der Waals surface area contributed by atoms with Crippen LogP contribution in [-0.4, -0.2) is 17.3 Å². The van der Waals surface area contributed by atoms with Crippen LogP contribution >= 0.6 is 0 Å². The third-order valence-corrected chi connectivity index (χ3v) is 5.10. The molecule has 0 saturated carbocycles. The number of hydrogen-bond donors (Lipinski definition) is 1. The number of rotatable bonds is 5. The Morgan fingerprint density at radius 3 is 2.55 bits per heavy atom. The van der Waals surface area contributed by atoms with E-state index in [9.17, 15) is 0 Å². The maximum Gasteiger partial charge on any atom is 0.123 e. The van der Waals surface area contributed by atoms with Crippen molar-refractivity contribution in [3.05, 3.63) is 90.5 Å². The molecule has 5 rings (SSSR count). The van der Waals surface area contributed by atoms with E-state index in [2.05, 4.69) is 70.9 Å². The number of nitrogens with one attached hydrogen (secondary N) is 1. The molecule has 0 saturated heterocycles. The summed E-state index contributed by atoms with van der Waals surface area (Å²) < 4.78 is 11.2. The number of benzene rings is 4. The Kier molecular flexibility index (Phi) is 4.37. The molecule has 1 aromatic heterocycles. The third-order valence-electron chi connectivity index (χ3n) is 5.10. The number of fused-ring (bicyclic) bond motifs is 2. The summed E-state index contributed by atoms with van der Waals surface area (Å²) in [6, 6.07) is 28.7. The first-order valence-electron chi connectivity index (χ1n) is 9.53. The molecule has 0 atom stereocenters. The van der Waals surface area contributed by atoms with E-state index in [1.807, 2.05) is 24.3 Å². The molecule has 0 spiro atoms. The van der Waals surface area contributed by atoms with Gasteiger partial charge in [-0.05, 0) is 46.7 Å². The van der Waals surface area contributed by atoms with Gasteiger partial charge in [0.2, 0.25) is 0 Å². The van der Waals surface area contributed by atoms with Gasteiger partial charge in [-0.15, -0.1) is 0 Å². The quantitative estimate of drug-likeness (QED) is 0.408. The number of methoxy groups -OCH3 is 1. The van der Waals surface area contributed by atoms with Crippen LogP contribution in [0.5, 0.6) is 11.5 Å². The van der Waals surface area contributed by atoms with Crippen LogP contribution in [0.3, 0.4) is 0 Å². The maximum absolute atomic E-state index is 5.95. The first-order chi connectivity index (χ1) is 14.3. The number of hydrogen-bond acceptors (Lipinski definition) is 3. The minimum atomic E-state index is 0.478. The molecule has 0 aliphatic carbocycles. The maximum atomic E-state index is 5.95. The van der Waals surface area contributed by atoms with Gasteiger partial charge in [0.25, 0.3) is 0 Å². The van der Waals surface area contributed by atoms with Gasteiger partial charge >= 0.3 is 0 Å². The lowest BCUT2D eigenvalue weighted by atomic mass is 10.0. The van der Waals surface area contributed by atoms with Crippen molar-refractivity contribution < 1.29 is 9.47 Å². The van der Waals surface area contributed by atoms with Crippen LogP contribution < -0.4 is 9.47 Å². The normalized spacial score (nSPS) is 11.1. The highest BCUT2D eigenvalue weighted by molar-refractivity contribution is 5.96. The molecule has 0 aliphatic rings. The second-order valence-corrected chi connectivity index (χ2v) is 6.98. The molecule has 4 heteroatoms. The highest BCUT2D eigenvalue weighted by Crippen LogP contribution is 2.30. The molecule has 142 valence electrons. The van der Waals surface area contributed by atoms with Crippen LogP contribution in [0.4, 0.5) is 0 Å². The largest absolute Gasteiger partial charge is 0.497 e. The number of aromatic amines is 1. The van der Waals surface area contributed by atoms with Crippen molar-refractivity contribution in [1.29, 1.82) is 0 Å². The topological polar surface area (TPSA) is 47.1 Å². The average molecular weight is 380 g/mol. The summed E-state index contributed by atoms with van der Waals surface area (Å²) in [5, 5.41) is 11.2. The monoisotopic (exact) mass is 380 g/mol. The Balaban J connectivity index is 1.46. The van der Waals surface area contributed by atoms with E-state index >= 15 is 0 Å². The third kappa shape index (κ3) is 3.41. The second-order valence-electron chi connectivity index (χ2n) is 6.98. The Hall–Kier alpha value is -3.79. The summed E-state index contributed by atoms with van der Waals surface area (Å²) in [6.07, 6.45) is 0. The molecule has 5 aromatic rings. The molecular weight excluding hydrogens is 360 g/mol. The second kappa shape index (κ2) is 7.32.